The number of aromatic nitrogens is 2. The highest BCUT2D eigenvalue weighted by atomic mass is 32.2. The molecule has 0 fully saturated rings. The first-order valence-electron chi connectivity index (χ1n) is 8.45. The number of rotatable bonds is 5. The first-order valence-corrected chi connectivity index (χ1v) is 9.43. The van der Waals surface area contributed by atoms with Crippen molar-refractivity contribution in [3.05, 3.63) is 57.9 Å². The molecule has 0 saturated heterocycles. The zero-order chi connectivity index (χ0) is 19.6. The van der Waals surface area contributed by atoms with Crippen molar-refractivity contribution < 1.29 is 9.59 Å². The third-order valence-electron chi connectivity index (χ3n) is 4.22. The summed E-state index contributed by atoms with van der Waals surface area (Å²) in [5.41, 5.74) is 2.40. The number of hydrogen-bond donors (Lipinski definition) is 3. The summed E-state index contributed by atoms with van der Waals surface area (Å²) >= 11 is 1.29. The highest BCUT2D eigenvalue weighted by molar-refractivity contribution is 7.99. The lowest BCUT2D eigenvalue weighted by molar-refractivity contribution is -0.123. The standard InChI is InChI=1S/C19H20N4O3S/c1-4-7-27-19-22-16-15(18(26)23-19)12(9-14(24)21-16)17(25)20-13-6-5-10(2)8-11(13)3/h4-6,8,12H,1,7,9H2,2-3H3,(H,20,25)(H2,21,22,23,24,26)/t12-/m1/s1. The Morgan fingerprint density at radius 3 is 2.89 bits per heavy atom. The average Bonchev–Trinajstić information content (AvgIpc) is 2.61. The van der Waals surface area contributed by atoms with Gasteiger partial charge in [0.25, 0.3) is 5.56 Å². The molecule has 2 heterocycles. The molecule has 3 rings (SSSR count). The molecule has 8 heteroatoms. The second kappa shape index (κ2) is 7.79. The molecule has 0 bridgehead atoms. The largest absolute Gasteiger partial charge is 0.325 e. The number of hydrogen-bond acceptors (Lipinski definition) is 5. The Morgan fingerprint density at radius 1 is 1.41 bits per heavy atom. The number of thioether (sulfide) groups is 1. The molecular formula is C19H20N4O3S. The average molecular weight is 384 g/mol. The fourth-order valence-corrected chi connectivity index (χ4v) is 3.55. The summed E-state index contributed by atoms with van der Waals surface area (Å²) in [5.74, 6) is -0.948. The molecule has 1 aromatic carbocycles. The van der Waals surface area contributed by atoms with Gasteiger partial charge in [-0.15, -0.1) is 6.58 Å². The van der Waals surface area contributed by atoms with E-state index in [4.69, 9.17) is 0 Å². The molecule has 2 amide bonds. The summed E-state index contributed by atoms with van der Waals surface area (Å²) in [6, 6.07) is 5.65. The number of aryl methyl sites for hydroxylation is 2. The molecule has 0 unspecified atom stereocenters. The Kier molecular flexibility index (Phi) is 5.46. The van der Waals surface area contributed by atoms with E-state index in [-0.39, 0.29) is 23.7 Å². The molecule has 1 atom stereocenters. The van der Waals surface area contributed by atoms with Gasteiger partial charge in [-0.2, -0.15) is 0 Å². The van der Waals surface area contributed by atoms with Crippen LogP contribution < -0.4 is 16.2 Å². The predicted octanol–water partition coefficient (Wildman–Crippen LogP) is 2.73. The highest BCUT2D eigenvalue weighted by Gasteiger charge is 2.34. The monoisotopic (exact) mass is 384 g/mol. The van der Waals surface area contributed by atoms with E-state index >= 15 is 0 Å². The molecule has 0 aliphatic carbocycles. The molecule has 1 aliphatic heterocycles. The molecular weight excluding hydrogens is 364 g/mol. The summed E-state index contributed by atoms with van der Waals surface area (Å²) in [4.78, 5) is 44.4. The van der Waals surface area contributed by atoms with Crippen molar-refractivity contribution in [2.45, 2.75) is 31.3 Å². The molecule has 3 N–H and O–H groups in total. The molecule has 0 radical (unpaired) electrons. The van der Waals surface area contributed by atoms with Gasteiger partial charge in [-0.1, -0.05) is 35.5 Å². The fourth-order valence-electron chi connectivity index (χ4n) is 2.95. The smallest absolute Gasteiger partial charge is 0.257 e. The second-order valence-electron chi connectivity index (χ2n) is 6.35. The van der Waals surface area contributed by atoms with Crippen LogP contribution in [0.5, 0.6) is 0 Å². The number of benzene rings is 1. The van der Waals surface area contributed by atoms with Crippen LogP contribution in [0.3, 0.4) is 0 Å². The number of nitrogens with one attached hydrogen (secondary N) is 3. The van der Waals surface area contributed by atoms with E-state index in [1.807, 2.05) is 32.0 Å². The van der Waals surface area contributed by atoms with Crippen LogP contribution in [-0.2, 0) is 9.59 Å². The molecule has 140 valence electrons. The van der Waals surface area contributed by atoms with Gasteiger partial charge in [0.05, 0.1) is 11.5 Å². The third kappa shape index (κ3) is 4.11. The quantitative estimate of drug-likeness (QED) is 0.418. The lowest BCUT2D eigenvalue weighted by Crippen LogP contribution is -2.36. The highest BCUT2D eigenvalue weighted by Crippen LogP contribution is 2.30. The van der Waals surface area contributed by atoms with Gasteiger partial charge >= 0.3 is 0 Å². The number of nitrogens with zero attached hydrogens (tertiary/aromatic N) is 1. The Bertz CT molecular complexity index is 983. The van der Waals surface area contributed by atoms with Crippen molar-refractivity contribution in [1.82, 2.24) is 9.97 Å². The van der Waals surface area contributed by atoms with Crippen LogP contribution in [0.15, 0.2) is 40.8 Å². The van der Waals surface area contributed by atoms with Crippen molar-refractivity contribution >= 4 is 35.1 Å². The summed E-state index contributed by atoms with van der Waals surface area (Å²) in [7, 11) is 0. The van der Waals surface area contributed by atoms with E-state index in [2.05, 4.69) is 27.2 Å². The number of carbonyl (C=O) groups excluding carboxylic acids is 2. The fraction of sp³-hybridized carbons (Fsp3) is 0.263. The van der Waals surface area contributed by atoms with Crippen molar-refractivity contribution in [3.63, 3.8) is 0 Å². The number of aromatic amines is 1. The maximum atomic E-state index is 12.8. The first kappa shape index (κ1) is 18.9. The van der Waals surface area contributed by atoms with E-state index in [0.29, 0.717) is 16.6 Å². The van der Waals surface area contributed by atoms with Crippen molar-refractivity contribution in [2.24, 2.45) is 0 Å². The third-order valence-corrected chi connectivity index (χ3v) is 5.09. The van der Waals surface area contributed by atoms with Gasteiger partial charge in [-0.25, -0.2) is 4.98 Å². The molecule has 1 aromatic heterocycles. The van der Waals surface area contributed by atoms with E-state index in [1.54, 1.807) is 6.08 Å². The minimum Gasteiger partial charge on any atom is -0.325 e. The van der Waals surface area contributed by atoms with Crippen molar-refractivity contribution in [3.8, 4) is 0 Å². The lowest BCUT2D eigenvalue weighted by atomic mass is 9.92. The van der Waals surface area contributed by atoms with E-state index < -0.39 is 17.4 Å². The Morgan fingerprint density at radius 2 is 2.19 bits per heavy atom. The van der Waals surface area contributed by atoms with Gasteiger partial charge in [-0.05, 0) is 25.5 Å². The molecule has 7 nitrogen and oxygen atoms in total. The minimum atomic E-state index is -0.899. The second-order valence-corrected chi connectivity index (χ2v) is 7.35. The van der Waals surface area contributed by atoms with Crippen LogP contribution in [0, 0.1) is 13.8 Å². The molecule has 0 saturated carbocycles. The summed E-state index contributed by atoms with van der Waals surface area (Å²) in [6.07, 6.45) is 1.58. The number of amides is 2. The van der Waals surface area contributed by atoms with Crippen LogP contribution in [-0.4, -0.2) is 27.5 Å². The topological polar surface area (TPSA) is 104 Å². The normalized spacial score (nSPS) is 15.6. The van der Waals surface area contributed by atoms with Gasteiger partial charge < -0.3 is 15.6 Å². The van der Waals surface area contributed by atoms with Gasteiger partial charge in [0.2, 0.25) is 11.8 Å². The van der Waals surface area contributed by atoms with E-state index in [1.165, 1.54) is 11.8 Å². The van der Waals surface area contributed by atoms with Crippen LogP contribution in [0.2, 0.25) is 0 Å². The number of carbonyl (C=O) groups is 2. The minimum absolute atomic E-state index is 0.104. The van der Waals surface area contributed by atoms with Gasteiger partial charge in [0, 0.05) is 17.9 Å². The van der Waals surface area contributed by atoms with Crippen LogP contribution in [0.4, 0.5) is 11.5 Å². The number of anilines is 2. The van der Waals surface area contributed by atoms with Crippen LogP contribution in [0.1, 0.15) is 29.0 Å². The van der Waals surface area contributed by atoms with Crippen LogP contribution >= 0.6 is 11.8 Å². The van der Waals surface area contributed by atoms with Crippen molar-refractivity contribution in [1.29, 1.82) is 0 Å². The van der Waals surface area contributed by atoms with Gasteiger partial charge in [0.15, 0.2) is 5.16 Å². The SMILES string of the molecule is C=CCSc1nc2c(c(=O)[nH]1)[C@H](C(=O)Nc1ccc(C)cc1C)CC(=O)N2. The number of H-pyrrole nitrogens is 1. The Balaban J connectivity index is 1.93. The van der Waals surface area contributed by atoms with Gasteiger partial charge in [-0.3, -0.25) is 14.4 Å². The molecule has 1 aliphatic rings. The maximum Gasteiger partial charge on any atom is 0.257 e. The Hall–Kier alpha value is -2.87. The molecule has 0 spiro atoms. The Labute approximate surface area is 160 Å². The van der Waals surface area contributed by atoms with Crippen molar-refractivity contribution in [2.75, 3.05) is 16.4 Å². The zero-order valence-corrected chi connectivity index (χ0v) is 15.9. The maximum absolute atomic E-state index is 12.8. The summed E-state index contributed by atoms with van der Waals surface area (Å²) < 4.78 is 0. The van der Waals surface area contributed by atoms with E-state index in [0.717, 1.165) is 11.1 Å². The van der Waals surface area contributed by atoms with Crippen LogP contribution in [0.25, 0.3) is 0 Å². The molecule has 2 aromatic rings. The summed E-state index contributed by atoms with van der Waals surface area (Å²) in [6.45, 7) is 7.48. The zero-order valence-electron chi connectivity index (χ0n) is 15.1. The lowest BCUT2D eigenvalue weighted by Gasteiger charge is -2.23. The van der Waals surface area contributed by atoms with Gasteiger partial charge in [0.1, 0.15) is 5.82 Å². The summed E-state index contributed by atoms with van der Waals surface area (Å²) in [5, 5.41) is 5.79. The van der Waals surface area contributed by atoms with E-state index in [9.17, 15) is 14.4 Å². The molecule has 27 heavy (non-hydrogen) atoms. The predicted molar refractivity (Wildman–Crippen MR) is 106 cm³/mol. The number of fused-ring (bicyclic) bond motifs is 1. The first-order chi connectivity index (χ1) is 12.9.